The van der Waals surface area contributed by atoms with E-state index in [2.05, 4.69) is 55.5 Å². The lowest BCUT2D eigenvalue weighted by Gasteiger charge is -2.27. The van der Waals surface area contributed by atoms with Crippen LogP contribution in [0.2, 0.25) is 0 Å². The largest absolute Gasteiger partial charge is 0.0616 e. The second kappa shape index (κ2) is 3.98. The van der Waals surface area contributed by atoms with Crippen molar-refractivity contribution >= 4 is 10.8 Å². The van der Waals surface area contributed by atoms with Crippen molar-refractivity contribution in [3.8, 4) is 0 Å². The van der Waals surface area contributed by atoms with Crippen LogP contribution in [-0.2, 0) is 12.8 Å². The summed E-state index contributed by atoms with van der Waals surface area (Å²) in [5.41, 5.74) is 9.52. The molecule has 0 aromatic heterocycles. The Labute approximate surface area is 125 Å². The number of hydrogen-bond donors (Lipinski definition) is 0. The Morgan fingerprint density at radius 3 is 2.76 bits per heavy atom. The molecule has 0 heteroatoms. The van der Waals surface area contributed by atoms with E-state index in [1.54, 1.807) is 27.8 Å². The molecular formula is C21H18. The third-order valence-corrected chi connectivity index (χ3v) is 5.53. The summed E-state index contributed by atoms with van der Waals surface area (Å²) in [5, 5.41) is 2.83. The molecule has 0 saturated heterocycles. The van der Waals surface area contributed by atoms with E-state index < -0.39 is 0 Å². The van der Waals surface area contributed by atoms with Crippen LogP contribution in [0, 0.1) is 6.92 Å². The standard InChI is InChI=1S/C21H18/c1-13-6-7-15-12-20-17-5-3-2-4-14(17)8-9-18(20)19-11-10-16(13)21(15)19/h2-9,19H,10-12H2,1H3. The summed E-state index contributed by atoms with van der Waals surface area (Å²) in [4.78, 5) is 0. The second-order valence-corrected chi connectivity index (χ2v) is 6.56. The maximum Gasteiger partial charge on any atom is 0.0101 e. The summed E-state index contributed by atoms with van der Waals surface area (Å²) in [6, 6.07) is 18.2. The predicted octanol–water partition coefficient (Wildman–Crippen LogP) is 5.13. The average molecular weight is 270 g/mol. The molecule has 0 spiro atoms. The monoisotopic (exact) mass is 270 g/mol. The fourth-order valence-electron chi connectivity index (χ4n) is 4.55. The molecule has 2 aliphatic rings. The highest BCUT2D eigenvalue weighted by molar-refractivity contribution is 5.88. The third kappa shape index (κ3) is 1.45. The lowest BCUT2D eigenvalue weighted by Crippen LogP contribution is -2.12. The zero-order valence-corrected chi connectivity index (χ0v) is 12.3. The Morgan fingerprint density at radius 1 is 0.905 bits per heavy atom. The molecule has 0 fully saturated rings. The molecule has 5 rings (SSSR count). The first-order valence-corrected chi connectivity index (χ1v) is 7.94. The highest BCUT2D eigenvalue weighted by atomic mass is 14.4. The van der Waals surface area contributed by atoms with E-state index in [1.165, 1.54) is 29.2 Å². The van der Waals surface area contributed by atoms with Gasteiger partial charge in [0.05, 0.1) is 0 Å². The Morgan fingerprint density at radius 2 is 1.81 bits per heavy atom. The first-order valence-electron chi connectivity index (χ1n) is 7.94. The fraction of sp³-hybridized carbons (Fsp3) is 0.238. The normalized spacial score (nSPS) is 18.6. The van der Waals surface area contributed by atoms with Crippen LogP contribution >= 0.6 is 0 Å². The van der Waals surface area contributed by atoms with Crippen molar-refractivity contribution in [2.45, 2.75) is 32.1 Å². The van der Waals surface area contributed by atoms with E-state index in [9.17, 15) is 0 Å². The minimum absolute atomic E-state index is 0.642. The first-order chi connectivity index (χ1) is 10.3. The molecule has 0 heterocycles. The molecule has 0 nitrogen and oxygen atoms in total. The summed E-state index contributed by atoms with van der Waals surface area (Å²) in [6.45, 7) is 2.27. The van der Waals surface area contributed by atoms with Crippen LogP contribution in [0.4, 0.5) is 0 Å². The number of rotatable bonds is 0. The molecule has 0 aliphatic heterocycles. The molecule has 1 atom stereocenters. The number of benzene rings is 3. The van der Waals surface area contributed by atoms with Crippen LogP contribution in [-0.4, -0.2) is 0 Å². The van der Waals surface area contributed by atoms with Crippen molar-refractivity contribution in [3.05, 3.63) is 81.9 Å². The van der Waals surface area contributed by atoms with Gasteiger partial charge in [0, 0.05) is 5.92 Å². The molecule has 102 valence electrons. The summed E-state index contributed by atoms with van der Waals surface area (Å²) < 4.78 is 0. The van der Waals surface area contributed by atoms with Crippen molar-refractivity contribution < 1.29 is 0 Å². The maximum absolute atomic E-state index is 2.39. The van der Waals surface area contributed by atoms with Crippen molar-refractivity contribution in [3.63, 3.8) is 0 Å². The van der Waals surface area contributed by atoms with Crippen LogP contribution in [0.1, 0.15) is 45.7 Å². The van der Waals surface area contributed by atoms with Crippen LogP contribution in [0.3, 0.4) is 0 Å². The zero-order chi connectivity index (χ0) is 14.0. The fourth-order valence-corrected chi connectivity index (χ4v) is 4.55. The third-order valence-electron chi connectivity index (χ3n) is 5.53. The second-order valence-electron chi connectivity index (χ2n) is 6.56. The van der Waals surface area contributed by atoms with E-state index in [4.69, 9.17) is 0 Å². The summed E-state index contributed by atoms with van der Waals surface area (Å²) in [6.07, 6.45) is 3.65. The van der Waals surface area contributed by atoms with Gasteiger partial charge in [0.2, 0.25) is 0 Å². The van der Waals surface area contributed by atoms with E-state index in [0.29, 0.717) is 5.92 Å². The summed E-state index contributed by atoms with van der Waals surface area (Å²) >= 11 is 0. The van der Waals surface area contributed by atoms with E-state index >= 15 is 0 Å². The minimum Gasteiger partial charge on any atom is -0.0616 e. The zero-order valence-electron chi connectivity index (χ0n) is 12.3. The molecule has 21 heavy (non-hydrogen) atoms. The van der Waals surface area contributed by atoms with Crippen molar-refractivity contribution in [1.29, 1.82) is 0 Å². The quantitative estimate of drug-likeness (QED) is 0.531. The van der Waals surface area contributed by atoms with Crippen LogP contribution < -0.4 is 0 Å². The first kappa shape index (κ1) is 11.6. The predicted molar refractivity (Wildman–Crippen MR) is 88.1 cm³/mol. The molecule has 3 aromatic carbocycles. The van der Waals surface area contributed by atoms with Crippen molar-refractivity contribution in [1.82, 2.24) is 0 Å². The number of hydrogen-bond acceptors (Lipinski definition) is 0. The van der Waals surface area contributed by atoms with Crippen LogP contribution in [0.25, 0.3) is 10.8 Å². The van der Waals surface area contributed by atoms with E-state index in [-0.39, 0.29) is 0 Å². The molecule has 2 aliphatic carbocycles. The molecule has 3 aromatic rings. The van der Waals surface area contributed by atoms with Gasteiger partial charge >= 0.3 is 0 Å². The van der Waals surface area contributed by atoms with Gasteiger partial charge in [0.25, 0.3) is 0 Å². The average Bonchev–Trinajstić information content (AvgIpc) is 2.97. The lowest BCUT2D eigenvalue weighted by atomic mass is 9.77. The molecular weight excluding hydrogens is 252 g/mol. The maximum atomic E-state index is 2.39. The van der Waals surface area contributed by atoms with Gasteiger partial charge < -0.3 is 0 Å². The molecule has 0 radical (unpaired) electrons. The Kier molecular flexibility index (Phi) is 2.19. The summed E-state index contributed by atoms with van der Waals surface area (Å²) in [7, 11) is 0. The van der Waals surface area contributed by atoms with Crippen LogP contribution in [0.15, 0.2) is 48.5 Å². The van der Waals surface area contributed by atoms with E-state index in [0.717, 1.165) is 6.42 Å². The highest BCUT2D eigenvalue weighted by Gasteiger charge is 2.33. The van der Waals surface area contributed by atoms with Gasteiger partial charge in [-0.05, 0) is 70.3 Å². The highest BCUT2D eigenvalue weighted by Crippen LogP contribution is 2.48. The lowest BCUT2D eigenvalue weighted by molar-refractivity contribution is 0.760. The molecule has 0 saturated carbocycles. The number of aryl methyl sites for hydroxylation is 1. The SMILES string of the molecule is Cc1ccc2c3c1CCC3c1ccc3ccccc3c1C2. The Balaban J connectivity index is 1.84. The van der Waals surface area contributed by atoms with Gasteiger partial charge in [-0.15, -0.1) is 0 Å². The van der Waals surface area contributed by atoms with Gasteiger partial charge in [0.1, 0.15) is 0 Å². The Bertz CT molecular complexity index is 886. The summed E-state index contributed by atoms with van der Waals surface area (Å²) in [5.74, 6) is 0.642. The van der Waals surface area contributed by atoms with Gasteiger partial charge in [-0.1, -0.05) is 48.5 Å². The van der Waals surface area contributed by atoms with E-state index in [1.807, 2.05) is 0 Å². The van der Waals surface area contributed by atoms with Crippen LogP contribution in [0.5, 0.6) is 0 Å². The number of fused-ring (bicyclic) bond motifs is 4. The van der Waals surface area contributed by atoms with Gasteiger partial charge in [-0.3, -0.25) is 0 Å². The van der Waals surface area contributed by atoms with Gasteiger partial charge in [-0.25, -0.2) is 0 Å². The molecule has 0 amide bonds. The smallest absolute Gasteiger partial charge is 0.0101 e. The molecule has 0 N–H and O–H groups in total. The Hall–Kier alpha value is -2.08. The minimum atomic E-state index is 0.642. The van der Waals surface area contributed by atoms with Gasteiger partial charge in [-0.2, -0.15) is 0 Å². The van der Waals surface area contributed by atoms with Crippen molar-refractivity contribution in [2.24, 2.45) is 0 Å². The molecule has 1 unspecified atom stereocenters. The topological polar surface area (TPSA) is 0 Å². The van der Waals surface area contributed by atoms with Gasteiger partial charge in [0.15, 0.2) is 0 Å². The van der Waals surface area contributed by atoms with Crippen molar-refractivity contribution in [2.75, 3.05) is 0 Å². The molecule has 0 bridgehead atoms.